The Labute approximate surface area is 115 Å². The lowest BCUT2D eigenvalue weighted by molar-refractivity contribution is 0.473. The summed E-state index contributed by atoms with van der Waals surface area (Å²) in [5.74, 6) is 0. The van der Waals surface area contributed by atoms with Crippen molar-refractivity contribution in [2.45, 2.75) is 48.0 Å². The van der Waals surface area contributed by atoms with Crippen molar-refractivity contribution in [3.05, 3.63) is 60.8 Å². The highest BCUT2D eigenvalue weighted by molar-refractivity contribution is 5.35. The minimum atomic E-state index is 0.0407. The molecule has 0 aliphatic carbocycles. The predicted octanol–water partition coefficient (Wildman–Crippen LogP) is 6.25. The molecular weight excluding hydrogens is 216 g/mol. The van der Waals surface area contributed by atoms with E-state index in [1.165, 1.54) is 5.57 Å². The highest BCUT2D eigenvalue weighted by atomic mass is 14.3. The molecule has 0 heteroatoms. The van der Waals surface area contributed by atoms with Crippen LogP contribution in [0.4, 0.5) is 0 Å². The Hall–Kier alpha value is -1.30. The summed E-state index contributed by atoms with van der Waals surface area (Å²) in [4.78, 5) is 0. The van der Waals surface area contributed by atoms with E-state index in [2.05, 4.69) is 46.1 Å². The van der Waals surface area contributed by atoms with Crippen LogP contribution in [0.25, 0.3) is 0 Å². The van der Waals surface area contributed by atoms with E-state index < -0.39 is 0 Å². The quantitative estimate of drug-likeness (QED) is 0.486. The largest absolute Gasteiger partial charge is 0.0991 e. The maximum atomic E-state index is 4.16. The Kier molecular flexibility index (Phi) is 11.5. The second-order valence-electron chi connectivity index (χ2n) is 4.18. The average molecular weight is 246 g/mol. The molecule has 0 fully saturated rings. The molecule has 0 rings (SSSR count). The van der Waals surface area contributed by atoms with Crippen LogP contribution in [0.5, 0.6) is 0 Å². The Balaban J connectivity index is 0. The number of rotatable bonds is 6. The number of hydrogen-bond acceptors (Lipinski definition) is 0. The molecule has 0 heterocycles. The Morgan fingerprint density at radius 1 is 1.22 bits per heavy atom. The van der Waals surface area contributed by atoms with E-state index in [1.54, 1.807) is 6.08 Å². The normalized spacial score (nSPS) is 15.1. The van der Waals surface area contributed by atoms with E-state index in [0.29, 0.717) is 0 Å². The molecule has 1 atom stereocenters. The van der Waals surface area contributed by atoms with E-state index >= 15 is 0 Å². The Morgan fingerprint density at radius 2 is 1.78 bits per heavy atom. The third-order valence-electron chi connectivity index (χ3n) is 3.26. The van der Waals surface area contributed by atoms with Gasteiger partial charge in [0, 0.05) is 5.41 Å². The highest BCUT2D eigenvalue weighted by Crippen LogP contribution is 2.38. The van der Waals surface area contributed by atoms with Gasteiger partial charge in [-0.2, -0.15) is 0 Å². The van der Waals surface area contributed by atoms with Gasteiger partial charge in [0.15, 0.2) is 0 Å². The summed E-state index contributed by atoms with van der Waals surface area (Å²) in [5.41, 5.74) is 2.51. The van der Waals surface area contributed by atoms with Crippen molar-refractivity contribution >= 4 is 0 Å². The first kappa shape index (κ1) is 19.0. The Bertz CT molecular complexity index is 326. The monoisotopic (exact) mass is 246 g/mol. The van der Waals surface area contributed by atoms with Crippen molar-refractivity contribution in [1.29, 1.82) is 0 Å². The van der Waals surface area contributed by atoms with Crippen molar-refractivity contribution in [3.63, 3.8) is 0 Å². The standard InChI is InChI=1S/C16H24.C2H6/c1-7-10-12-14(4)16(6,9-3)15(5)13-11-8-2;1-2/h7-8,10-13H,1,4,9H2,2-3,5-6H3;1-2H3/b11-8-,12-10-,15-13+;. The van der Waals surface area contributed by atoms with Gasteiger partial charge in [-0.15, -0.1) is 0 Å². The van der Waals surface area contributed by atoms with Gasteiger partial charge in [0.1, 0.15) is 0 Å². The minimum absolute atomic E-state index is 0.0407. The summed E-state index contributed by atoms with van der Waals surface area (Å²) < 4.78 is 0. The van der Waals surface area contributed by atoms with E-state index in [9.17, 15) is 0 Å². The van der Waals surface area contributed by atoms with E-state index in [1.807, 2.05) is 39.0 Å². The first-order chi connectivity index (χ1) is 8.52. The molecule has 0 bridgehead atoms. The molecule has 0 aliphatic rings. The second-order valence-corrected chi connectivity index (χ2v) is 4.18. The number of hydrogen-bond donors (Lipinski definition) is 0. The summed E-state index contributed by atoms with van der Waals surface area (Å²) >= 11 is 0. The first-order valence-electron chi connectivity index (χ1n) is 6.81. The molecule has 0 saturated carbocycles. The van der Waals surface area contributed by atoms with Crippen LogP contribution in [0.15, 0.2) is 60.8 Å². The molecule has 0 saturated heterocycles. The van der Waals surface area contributed by atoms with Crippen molar-refractivity contribution in [2.75, 3.05) is 0 Å². The summed E-state index contributed by atoms with van der Waals surface area (Å²) in [6.07, 6.45) is 13.1. The van der Waals surface area contributed by atoms with Gasteiger partial charge in [-0.1, -0.05) is 82.9 Å². The van der Waals surface area contributed by atoms with E-state index in [4.69, 9.17) is 0 Å². The second kappa shape index (κ2) is 10.8. The fourth-order valence-corrected chi connectivity index (χ4v) is 1.55. The van der Waals surface area contributed by atoms with Crippen LogP contribution in [0.3, 0.4) is 0 Å². The summed E-state index contributed by atoms with van der Waals surface area (Å²) in [7, 11) is 0. The van der Waals surface area contributed by atoms with Gasteiger partial charge in [0.2, 0.25) is 0 Å². The fraction of sp³-hybridized carbons (Fsp3) is 0.444. The van der Waals surface area contributed by atoms with Crippen molar-refractivity contribution < 1.29 is 0 Å². The van der Waals surface area contributed by atoms with Crippen molar-refractivity contribution in [3.8, 4) is 0 Å². The maximum Gasteiger partial charge on any atom is 0.0125 e. The smallest absolute Gasteiger partial charge is 0.0125 e. The lowest BCUT2D eigenvalue weighted by atomic mass is 9.74. The molecule has 0 aromatic heterocycles. The van der Waals surface area contributed by atoms with Crippen LogP contribution in [0.2, 0.25) is 0 Å². The van der Waals surface area contributed by atoms with Crippen LogP contribution < -0.4 is 0 Å². The summed E-state index contributed by atoms with van der Waals surface area (Å²) in [6, 6.07) is 0. The third-order valence-corrected chi connectivity index (χ3v) is 3.26. The first-order valence-corrected chi connectivity index (χ1v) is 6.81. The summed E-state index contributed by atoms with van der Waals surface area (Å²) in [5, 5.41) is 0. The minimum Gasteiger partial charge on any atom is -0.0991 e. The van der Waals surface area contributed by atoms with Crippen LogP contribution in [0.1, 0.15) is 48.0 Å². The SMILES string of the molecule is C=C/C=C\C(=C)C(C)(CC)/C(C)=C/C=C\C.CC. The van der Waals surface area contributed by atoms with E-state index in [0.717, 1.165) is 12.0 Å². The molecule has 0 aliphatic heterocycles. The topological polar surface area (TPSA) is 0 Å². The zero-order valence-corrected chi connectivity index (χ0v) is 13.1. The van der Waals surface area contributed by atoms with Gasteiger partial charge in [0.05, 0.1) is 0 Å². The van der Waals surface area contributed by atoms with Gasteiger partial charge in [-0.25, -0.2) is 0 Å². The molecule has 0 radical (unpaired) electrons. The van der Waals surface area contributed by atoms with Gasteiger partial charge in [-0.3, -0.25) is 0 Å². The zero-order valence-electron chi connectivity index (χ0n) is 13.1. The highest BCUT2D eigenvalue weighted by Gasteiger charge is 2.25. The van der Waals surface area contributed by atoms with Gasteiger partial charge in [0.25, 0.3) is 0 Å². The average Bonchev–Trinajstić information content (AvgIpc) is 2.43. The van der Waals surface area contributed by atoms with Crippen LogP contribution in [-0.2, 0) is 0 Å². The molecule has 18 heavy (non-hydrogen) atoms. The van der Waals surface area contributed by atoms with Gasteiger partial charge >= 0.3 is 0 Å². The van der Waals surface area contributed by atoms with Crippen molar-refractivity contribution in [2.24, 2.45) is 5.41 Å². The van der Waals surface area contributed by atoms with Crippen LogP contribution >= 0.6 is 0 Å². The third kappa shape index (κ3) is 5.86. The Morgan fingerprint density at radius 3 is 2.17 bits per heavy atom. The molecule has 0 aromatic carbocycles. The molecule has 0 aromatic rings. The van der Waals surface area contributed by atoms with Crippen LogP contribution in [0, 0.1) is 5.41 Å². The lowest BCUT2D eigenvalue weighted by Gasteiger charge is -2.30. The molecule has 1 unspecified atom stereocenters. The lowest BCUT2D eigenvalue weighted by Crippen LogP contribution is -2.18. The zero-order chi connectivity index (χ0) is 14.6. The molecule has 0 spiro atoms. The van der Waals surface area contributed by atoms with Crippen molar-refractivity contribution in [1.82, 2.24) is 0 Å². The maximum absolute atomic E-state index is 4.16. The molecule has 102 valence electrons. The van der Waals surface area contributed by atoms with E-state index in [-0.39, 0.29) is 5.41 Å². The molecule has 0 N–H and O–H groups in total. The predicted molar refractivity (Wildman–Crippen MR) is 86.8 cm³/mol. The molecular formula is C18H30. The van der Waals surface area contributed by atoms with Crippen LogP contribution in [-0.4, -0.2) is 0 Å². The fourth-order valence-electron chi connectivity index (χ4n) is 1.55. The number of allylic oxidation sites excluding steroid dienone is 8. The summed E-state index contributed by atoms with van der Waals surface area (Å²) in [6.45, 7) is 20.5. The van der Waals surface area contributed by atoms with Gasteiger partial charge < -0.3 is 0 Å². The molecule has 0 nitrogen and oxygen atoms in total. The van der Waals surface area contributed by atoms with Gasteiger partial charge in [-0.05, 0) is 25.8 Å². The molecule has 0 amide bonds.